The maximum absolute atomic E-state index is 13.1. The van der Waals surface area contributed by atoms with E-state index in [1.165, 1.54) is 0 Å². The van der Waals surface area contributed by atoms with Gasteiger partial charge in [-0.05, 0) is 36.8 Å². The zero-order valence-electron chi connectivity index (χ0n) is 17.6. The van der Waals surface area contributed by atoms with Crippen molar-refractivity contribution in [1.29, 1.82) is 0 Å². The molecule has 32 heavy (non-hydrogen) atoms. The van der Waals surface area contributed by atoms with Gasteiger partial charge >= 0.3 is 0 Å². The zero-order chi connectivity index (χ0) is 22.8. The predicted molar refractivity (Wildman–Crippen MR) is 120 cm³/mol. The van der Waals surface area contributed by atoms with Crippen molar-refractivity contribution < 1.29 is 19.1 Å². The molecule has 2 fully saturated rings. The molecule has 2 aromatic carbocycles. The molecule has 0 bridgehead atoms. The second kappa shape index (κ2) is 9.05. The van der Waals surface area contributed by atoms with Crippen LogP contribution >= 0.6 is 11.6 Å². The van der Waals surface area contributed by atoms with Crippen LogP contribution in [0.2, 0.25) is 5.02 Å². The quantitative estimate of drug-likeness (QED) is 0.467. The lowest BCUT2D eigenvalue weighted by atomic mass is 9.81. The van der Waals surface area contributed by atoms with Gasteiger partial charge in [-0.3, -0.25) is 19.7 Å². The second-order valence-electron chi connectivity index (χ2n) is 7.74. The summed E-state index contributed by atoms with van der Waals surface area (Å²) in [6.45, 7) is 1.79. The van der Waals surface area contributed by atoms with Crippen LogP contribution in [0.15, 0.2) is 42.5 Å². The van der Waals surface area contributed by atoms with E-state index in [0.717, 1.165) is 0 Å². The van der Waals surface area contributed by atoms with Gasteiger partial charge in [0.1, 0.15) is 5.75 Å². The van der Waals surface area contributed by atoms with Crippen molar-refractivity contribution >= 4 is 40.7 Å². The maximum Gasteiger partial charge on any atom is 0.229 e. The van der Waals surface area contributed by atoms with E-state index >= 15 is 0 Å². The number of nitrogens with one attached hydrogen (secondary N) is 5. The molecule has 9 nitrogen and oxygen atoms in total. The third-order valence-corrected chi connectivity index (χ3v) is 6.13. The number of carbonyl (C=O) groups excluding carboxylic acids is 3. The number of fused-ring (bicyclic) bond motifs is 1. The normalized spacial score (nSPS) is 24.6. The number of carbonyl (C=O) groups is 3. The molecule has 10 heteroatoms. The number of anilines is 2. The van der Waals surface area contributed by atoms with Gasteiger partial charge in [-0.2, -0.15) is 0 Å². The number of ether oxygens (including phenoxy) is 1. The van der Waals surface area contributed by atoms with E-state index in [4.69, 9.17) is 16.3 Å². The van der Waals surface area contributed by atoms with Crippen molar-refractivity contribution in [2.75, 3.05) is 17.7 Å². The first-order valence-corrected chi connectivity index (χ1v) is 10.6. The van der Waals surface area contributed by atoms with Gasteiger partial charge in [-0.25, -0.2) is 0 Å². The molecule has 4 atom stereocenters. The van der Waals surface area contributed by atoms with Gasteiger partial charge in [0.2, 0.25) is 17.7 Å². The number of piperidine rings is 1. The molecule has 4 rings (SSSR count). The Hall–Kier alpha value is -3.30. The number of para-hydroxylation sites is 2. The first-order valence-electron chi connectivity index (χ1n) is 10.2. The highest BCUT2D eigenvalue weighted by Crippen LogP contribution is 2.30. The molecule has 0 aromatic heterocycles. The molecule has 168 valence electrons. The lowest BCUT2D eigenvalue weighted by molar-refractivity contribution is -0.144. The van der Waals surface area contributed by atoms with E-state index in [2.05, 4.69) is 26.6 Å². The number of benzene rings is 2. The third-order valence-electron chi connectivity index (χ3n) is 5.72. The Morgan fingerprint density at radius 1 is 1.09 bits per heavy atom. The Morgan fingerprint density at radius 2 is 1.84 bits per heavy atom. The first kappa shape index (κ1) is 21.9. The molecule has 2 aliphatic rings. The largest absolute Gasteiger partial charge is 0.495 e. The molecule has 3 amide bonds. The number of amides is 3. The minimum Gasteiger partial charge on any atom is -0.495 e. The molecule has 2 saturated heterocycles. The van der Waals surface area contributed by atoms with E-state index in [-0.39, 0.29) is 18.2 Å². The van der Waals surface area contributed by atoms with Gasteiger partial charge in [-0.1, -0.05) is 29.8 Å². The van der Waals surface area contributed by atoms with Crippen molar-refractivity contribution in [2.24, 2.45) is 11.8 Å². The summed E-state index contributed by atoms with van der Waals surface area (Å²) in [4.78, 5) is 38.4. The summed E-state index contributed by atoms with van der Waals surface area (Å²) < 4.78 is 5.33. The van der Waals surface area contributed by atoms with Crippen LogP contribution in [0.25, 0.3) is 0 Å². The third kappa shape index (κ3) is 4.35. The van der Waals surface area contributed by atoms with Gasteiger partial charge < -0.3 is 26.0 Å². The maximum atomic E-state index is 13.1. The van der Waals surface area contributed by atoms with E-state index < -0.39 is 30.2 Å². The van der Waals surface area contributed by atoms with Crippen molar-refractivity contribution in [3.05, 3.63) is 53.1 Å². The van der Waals surface area contributed by atoms with E-state index in [9.17, 15) is 14.4 Å². The Balaban J connectivity index is 1.51. The highest BCUT2D eigenvalue weighted by molar-refractivity contribution is 6.31. The minimum absolute atomic E-state index is 0.0910. The van der Waals surface area contributed by atoms with Gasteiger partial charge in [0.05, 0.1) is 30.8 Å². The van der Waals surface area contributed by atoms with Gasteiger partial charge in [0.15, 0.2) is 6.29 Å². The van der Waals surface area contributed by atoms with Crippen molar-refractivity contribution in [3.63, 3.8) is 0 Å². The highest BCUT2D eigenvalue weighted by atomic mass is 35.5. The van der Waals surface area contributed by atoms with E-state index in [1.807, 2.05) is 18.2 Å². The molecule has 2 aromatic rings. The Morgan fingerprint density at radius 3 is 2.62 bits per heavy atom. The van der Waals surface area contributed by atoms with Gasteiger partial charge in [-0.15, -0.1) is 0 Å². The van der Waals surface area contributed by atoms with Gasteiger partial charge in [0.25, 0.3) is 0 Å². The average molecular weight is 458 g/mol. The van der Waals surface area contributed by atoms with Crippen molar-refractivity contribution in [3.8, 4) is 5.75 Å². The molecule has 5 N–H and O–H groups in total. The molecule has 2 heterocycles. The zero-order valence-corrected chi connectivity index (χ0v) is 18.3. The lowest BCUT2D eigenvalue weighted by Crippen LogP contribution is -2.72. The van der Waals surface area contributed by atoms with Gasteiger partial charge in [0, 0.05) is 17.1 Å². The topological polar surface area (TPSA) is 121 Å². The lowest BCUT2D eigenvalue weighted by Gasteiger charge is -2.43. The Labute approximate surface area is 190 Å². The summed E-state index contributed by atoms with van der Waals surface area (Å²) in [5.41, 5.74) is 1.93. The summed E-state index contributed by atoms with van der Waals surface area (Å²) in [6.07, 6.45) is -1.47. The van der Waals surface area contributed by atoms with E-state index in [1.54, 1.807) is 38.3 Å². The van der Waals surface area contributed by atoms with E-state index in [0.29, 0.717) is 27.7 Å². The van der Waals surface area contributed by atoms with Crippen LogP contribution in [0.4, 0.5) is 11.4 Å². The number of methoxy groups -OCH3 is 1. The predicted octanol–water partition coefficient (Wildman–Crippen LogP) is 1.79. The van der Waals surface area contributed by atoms with Crippen LogP contribution in [0.5, 0.6) is 5.75 Å². The Kier molecular flexibility index (Phi) is 6.20. The number of hydrogen-bond donors (Lipinski definition) is 5. The minimum atomic E-state index is -0.841. The molecule has 0 aliphatic carbocycles. The summed E-state index contributed by atoms with van der Waals surface area (Å²) in [7, 11) is 1.55. The summed E-state index contributed by atoms with van der Waals surface area (Å²) in [6, 6.07) is 12.4. The number of rotatable bonds is 5. The smallest absolute Gasteiger partial charge is 0.229 e. The monoisotopic (exact) mass is 457 g/mol. The fraction of sp³-hybridized carbons (Fsp3) is 0.318. The fourth-order valence-electron chi connectivity index (χ4n) is 4.04. The van der Waals surface area contributed by atoms with Crippen LogP contribution in [0, 0.1) is 18.8 Å². The number of halogens is 1. The average Bonchev–Trinajstić information content (AvgIpc) is 2.76. The van der Waals surface area contributed by atoms with Crippen LogP contribution in [0.3, 0.4) is 0 Å². The molecule has 0 saturated carbocycles. The first-order chi connectivity index (χ1) is 15.4. The fourth-order valence-corrected chi connectivity index (χ4v) is 4.22. The summed E-state index contributed by atoms with van der Waals surface area (Å²) >= 11 is 6.14. The van der Waals surface area contributed by atoms with Crippen LogP contribution < -0.4 is 31.3 Å². The summed E-state index contributed by atoms with van der Waals surface area (Å²) in [5.74, 6) is -2.08. The molecule has 0 spiro atoms. The highest BCUT2D eigenvalue weighted by Gasteiger charge is 2.48. The molecular weight excluding hydrogens is 434 g/mol. The molecular formula is C22H24ClN5O4. The molecule has 0 radical (unpaired) electrons. The Bertz CT molecular complexity index is 1060. The number of hydrogen-bond acceptors (Lipinski definition) is 6. The van der Waals surface area contributed by atoms with Crippen LogP contribution in [0.1, 0.15) is 12.0 Å². The van der Waals surface area contributed by atoms with Crippen LogP contribution in [-0.4, -0.2) is 37.3 Å². The molecule has 2 aliphatic heterocycles. The second-order valence-corrected chi connectivity index (χ2v) is 8.14. The standard InChI is InChI=1S/C22H24ClN5O4/c1-11-13(23)6-5-8-14(11)24-20(30)12-10-17(29)26-19-18(12)21(31)28-22(27-19)25-15-7-3-4-9-16(15)32-2/h3-9,12,18-19,22,25,27H,10H2,1-2H3,(H,24,30)(H,26,29)(H,28,31). The SMILES string of the molecule is COc1ccccc1NC1NC(=O)C2C(NC(=O)CC2C(=O)Nc2cccc(Cl)c2C)N1. The van der Waals surface area contributed by atoms with Crippen LogP contribution in [-0.2, 0) is 14.4 Å². The summed E-state index contributed by atoms with van der Waals surface area (Å²) in [5, 5.41) is 15.2. The molecule has 4 unspecified atom stereocenters. The van der Waals surface area contributed by atoms with Crippen molar-refractivity contribution in [1.82, 2.24) is 16.0 Å². The van der Waals surface area contributed by atoms with Crippen molar-refractivity contribution in [2.45, 2.75) is 25.8 Å².